The van der Waals surface area contributed by atoms with Gasteiger partial charge in [0.1, 0.15) is 5.75 Å². The Hall–Kier alpha value is -0.950. The van der Waals surface area contributed by atoms with E-state index in [2.05, 4.69) is 0 Å². The summed E-state index contributed by atoms with van der Waals surface area (Å²) >= 11 is 0. The summed E-state index contributed by atoms with van der Waals surface area (Å²) in [6.45, 7) is 0. The minimum absolute atomic E-state index is 0.296. The zero-order valence-electron chi connectivity index (χ0n) is 9.95. The number of methoxy groups -OCH3 is 1. The Labute approximate surface area is 113 Å². The summed E-state index contributed by atoms with van der Waals surface area (Å²) < 4.78 is 64.2. The Balaban J connectivity index is 2.88. The molecule has 0 N–H and O–H groups in total. The van der Waals surface area contributed by atoms with Crippen molar-refractivity contribution < 1.29 is 26.3 Å². The number of halogens is 4. The third-order valence-corrected chi connectivity index (χ3v) is 4.37. The van der Waals surface area contributed by atoms with Crippen LogP contribution in [0.15, 0.2) is 24.3 Å². The molecule has 8 heteroatoms. The first-order valence-corrected chi connectivity index (χ1v) is 7.62. The van der Waals surface area contributed by atoms with Gasteiger partial charge in [-0.25, -0.2) is 8.42 Å². The van der Waals surface area contributed by atoms with Crippen LogP contribution in [0.25, 0.3) is 0 Å². The van der Waals surface area contributed by atoms with Crippen molar-refractivity contribution in [3.63, 3.8) is 0 Å². The predicted molar refractivity (Wildman–Crippen MR) is 65.9 cm³/mol. The van der Waals surface area contributed by atoms with Gasteiger partial charge in [0.25, 0.3) is 0 Å². The number of rotatable bonds is 5. The van der Waals surface area contributed by atoms with Crippen LogP contribution in [-0.4, -0.2) is 27.0 Å². The van der Waals surface area contributed by atoms with Crippen LogP contribution in [0, 0.1) is 0 Å². The monoisotopic (exact) mass is 316 g/mol. The van der Waals surface area contributed by atoms with Crippen molar-refractivity contribution in [2.45, 2.75) is 24.3 Å². The minimum Gasteiger partial charge on any atom is -0.497 e. The van der Waals surface area contributed by atoms with Crippen molar-refractivity contribution in [2.24, 2.45) is 0 Å². The summed E-state index contributed by atoms with van der Waals surface area (Å²) in [4.78, 5) is 0. The molecule has 0 radical (unpaired) electrons. The molecule has 0 aliphatic rings. The lowest BCUT2D eigenvalue weighted by Gasteiger charge is -2.16. The highest BCUT2D eigenvalue weighted by molar-refractivity contribution is 8.14. The van der Waals surface area contributed by atoms with Crippen LogP contribution in [0.4, 0.5) is 13.2 Å². The number of alkyl halides is 3. The normalized spacial score (nSPS) is 14.2. The zero-order valence-corrected chi connectivity index (χ0v) is 11.5. The van der Waals surface area contributed by atoms with Gasteiger partial charge in [0.2, 0.25) is 9.05 Å². The average molecular weight is 317 g/mol. The molecule has 1 aromatic carbocycles. The van der Waals surface area contributed by atoms with Crippen LogP contribution < -0.4 is 4.74 Å². The van der Waals surface area contributed by atoms with Crippen molar-refractivity contribution in [3.8, 4) is 5.75 Å². The fraction of sp³-hybridized carbons (Fsp3) is 0.455. The maximum atomic E-state index is 12.3. The van der Waals surface area contributed by atoms with E-state index in [1.54, 1.807) is 12.1 Å². The Bertz CT molecular complexity index is 511. The zero-order chi connectivity index (χ0) is 14.7. The second kappa shape index (κ2) is 6.00. The molecule has 0 aliphatic carbocycles. The van der Waals surface area contributed by atoms with E-state index >= 15 is 0 Å². The van der Waals surface area contributed by atoms with Crippen LogP contribution in [0.1, 0.15) is 12.0 Å². The van der Waals surface area contributed by atoms with Crippen molar-refractivity contribution in [2.75, 3.05) is 7.11 Å². The molecule has 0 heterocycles. The number of benzene rings is 1. The van der Waals surface area contributed by atoms with Crippen molar-refractivity contribution in [3.05, 3.63) is 29.8 Å². The van der Waals surface area contributed by atoms with Gasteiger partial charge < -0.3 is 4.74 Å². The molecule has 1 unspecified atom stereocenters. The molecule has 0 aromatic heterocycles. The Morgan fingerprint density at radius 1 is 1.26 bits per heavy atom. The van der Waals surface area contributed by atoms with Crippen LogP contribution >= 0.6 is 10.7 Å². The summed E-state index contributed by atoms with van der Waals surface area (Å²) in [5.74, 6) is 0.532. The third-order valence-electron chi connectivity index (χ3n) is 2.48. The highest BCUT2D eigenvalue weighted by Gasteiger charge is 2.37. The fourth-order valence-corrected chi connectivity index (χ4v) is 2.71. The van der Waals surface area contributed by atoms with E-state index in [-0.39, 0.29) is 6.42 Å². The van der Waals surface area contributed by atoms with E-state index in [9.17, 15) is 21.6 Å². The summed E-state index contributed by atoms with van der Waals surface area (Å²) in [6.07, 6.45) is -6.35. The molecule has 0 fully saturated rings. The van der Waals surface area contributed by atoms with Gasteiger partial charge in [-0.05, 0) is 24.1 Å². The highest BCUT2D eigenvalue weighted by Crippen LogP contribution is 2.28. The van der Waals surface area contributed by atoms with Crippen LogP contribution in [0.5, 0.6) is 5.75 Å². The first-order valence-electron chi connectivity index (χ1n) is 5.25. The fourth-order valence-electron chi connectivity index (χ4n) is 1.55. The van der Waals surface area contributed by atoms with Gasteiger partial charge in [-0.15, -0.1) is 0 Å². The second-order valence-electron chi connectivity index (χ2n) is 3.97. The third kappa shape index (κ3) is 5.69. The minimum atomic E-state index is -4.58. The number of hydrogen-bond acceptors (Lipinski definition) is 3. The van der Waals surface area contributed by atoms with E-state index in [0.29, 0.717) is 11.3 Å². The maximum Gasteiger partial charge on any atom is 0.390 e. The van der Waals surface area contributed by atoms with E-state index in [4.69, 9.17) is 15.4 Å². The summed E-state index contributed by atoms with van der Waals surface area (Å²) in [6, 6.07) is 6.09. The van der Waals surface area contributed by atoms with Crippen molar-refractivity contribution in [1.29, 1.82) is 0 Å². The topological polar surface area (TPSA) is 43.4 Å². The van der Waals surface area contributed by atoms with Crippen molar-refractivity contribution in [1.82, 2.24) is 0 Å². The molecule has 19 heavy (non-hydrogen) atoms. The molecule has 0 bridgehead atoms. The van der Waals surface area contributed by atoms with Gasteiger partial charge >= 0.3 is 6.18 Å². The van der Waals surface area contributed by atoms with Crippen molar-refractivity contribution >= 4 is 19.7 Å². The average Bonchev–Trinajstić information content (AvgIpc) is 2.26. The molecule has 108 valence electrons. The largest absolute Gasteiger partial charge is 0.497 e. The molecule has 1 aromatic rings. The summed E-state index contributed by atoms with van der Waals surface area (Å²) in [7, 11) is 2.22. The Morgan fingerprint density at radius 3 is 2.16 bits per heavy atom. The molecular formula is C11H12ClF3O3S. The summed E-state index contributed by atoms with van der Waals surface area (Å²) in [5.41, 5.74) is 0.444. The molecule has 0 saturated carbocycles. The molecule has 3 nitrogen and oxygen atoms in total. The highest BCUT2D eigenvalue weighted by atomic mass is 35.7. The van der Waals surface area contributed by atoms with E-state index in [1.807, 2.05) is 0 Å². The Kier molecular flexibility index (Phi) is 5.09. The van der Waals surface area contributed by atoms with E-state index < -0.39 is 26.9 Å². The van der Waals surface area contributed by atoms with E-state index in [1.165, 1.54) is 19.2 Å². The predicted octanol–water partition coefficient (Wildman–Crippen LogP) is 3.13. The smallest absolute Gasteiger partial charge is 0.390 e. The van der Waals surface area contributed by atoms with E-state index in [0.717, 1.165) is 0 Å². The molecule has 1 rings (SSSR count). The first kappa shape index (κ1) is 16.1. The van der Waals surface area contributed by atoms with Gasteiger partial charge in [0, 0.05) is 10.7 Å². The summed E-state index contributed by atoms with van der Waals surface area (Å²) in [5, 5.41) is -1.69. The SMILES string of the molecule is COc1ccc(CC(CC(F)(F)F)S(=O)(=O)Cl)cc1. The van der Waals surface area contributed by atoms with Gasteiger partial charge in [-0.1, -0.05) is 12.1 Å². The lowest BCUT2D eigenvalue weighted by Crippen LogP contribution is -2.26. The standard InChI is InChI=1S/C11H12ClF3O3S/c1-18-9-4-2-8(3-5-9)6-10(19(12,16)17)7-11(13,14)15/h2-5,10H,6-7H2,1H3. The van der Waals surface area contributed by atoms with Crippen LogP contribution in [0.3, 0.4) is 0 Å². The molecule has 0 spiro atoms. The Morgan fingerprint density at radius 2 is 1.79 bits per heavy atom. The maximum absolute atomic E-state index is 12.3. The molecule has 1 atom stereocenters. The van der Waals surface area contributed by atoms with Crippen LogP contribution in [0.2, 0.25) is 0 Å². The molecule has 0 amide bonds. The quantitative estimate of drug-likeness (QED) is 0.784. The number of ether oxygens (including phenoxy) is 1. The van der Waals surface area contributed by atoms with Gasteiger partial charge in [0.15, 0.2) is 0 Å². The van der Waals surface area contributed by atoms with Crippen LogP contribution in [-0.2, 0) is 15.5 Å². The lowest BCUT2D eigenvalue weighted by molar-refractivity contribution is -0.134. The molecular weight excluding hydrogens is 305 g/mol. The second-order valence-corrected chi connectivity index (χ2v) is 6.88. The number of hydrogen-bond donors (Lipinski definition) is 0. The van der Waals surface area contributed by atoms with Gasteiger partial charge in [-0.2, -0.15) is 13.2 Å². The molecule has 0 saturated heterocycles. The molecule has 0 aliphatic heterocycles. The lowest BCUT2D eigenvalue weighted by atomic mass is 10.1. The first-order chi connectivity index (χ1) is 8.62. The van der Waals surface area contributed by atoms with Gasteiger partial charge in [0.05, 0.1) is 18.8 Å². The van der Waals surface area contributed by atoms with Gasteiger partial charge in [-0.3, -0.25) is 0 Å².